The minimum absolute atomic E-state index is 0.0308. The van der Waals surface area contributed by atoms with Gasteiger partial charge in [-0.15, -0.1) is 0 Å². The Morgan fingerprint density at radius 1 is 1.13 bits per heavy atom. The number of non-ortho nitro benzene ring substituents is 1. The predicted octanol–water partition coefficient (Wildman–Crippen LogP) is 3.83. The maximum absolute atomic E-state index is 12.2. The maximum Gasteiger partial charge on any atom is 0.269 e. The lowest BCUT2D eigenvalue weighted by Crippen LogP contribution is -2.27. The van der Waals surface area contributed by atoms with Gasteiger partial charge in [-0.1, -0.05) is 30.3 Å². The van der Waals surface area contributed by atoms with Crippen LogP contribution in [0.25, 0.3) is 6.08 Å². The molecule has 0 fully saturated rings. The molecule has 0 saturated carbocycles. The summed E-state index contributed by atoms with van der Waals surface area (Å²) >= 11 is 0. The molecule has 0 aliphatic rings. The van der Waals surface area contributed by atoms with Gasteiger partial charge >= 0.3 is 0 Å². The lowest BCUT2D eigenvalue weighted by atomic mass is 10.1. The smallest absolute Gasteiger partial charge is 0.269 e. The average molecular weight is 310 g/mol. The molecular weight excluding hydrogens is 292 g/mol. The highest BCUT2D eigenvalue weighted by Crippen LogP contribution is 2.19. The number of carbonyl (C=O) groups is 1. The number of amides is 1. The molecule has 0 aromatic heterocycles. The number of rotatable bonds is 5. The number of hydrogen-bond acceptors (Lipinski definition) is 3. The Hall–Kier alpha value is -2.95. The highest BCUT2D eigenvalue weighted by molar-refractivity contribution is 5.91. The zero-order chi connectivity index (χ0) is 16.8. The summed E-state index contributed by atoms with van der Waals surface area (Å²) in [5, 5.41) is 10.6. The number of benzene rings is 2. The summed E-state index contributed by atoms with van der Waals surface area (Å²) in [4.78, 5) is 24.0. The standard InChI is InChI=1S/C18H18N2O3/c1-14(16-6-4-3-5-7-16)19(2)18(21)13-10-15-8-11-17(12-9-15)20(22)23/h3-14H,1-2H3. The fraction of sp³-hybridized carbons (Fsp3) is 0.167. The molecule has 5 nitrogen and oxygen atoms in total. The monoisotopic (exact) mass is 310 g/mol. The molecule has 1 unspecified atom stereocenters. The molecule has 0 heterocycles. The van der Waals surface area contributed by atoms with Gasteiger partial charge in [0.25, 0.3) is 5.69 Å². The van der Waals surface area contributed by atoms with Crippen LogP contribution < -0.4 is 0 Å². The highest BCUT2D eigenvalue weighted by atomic mass is 16.6. The van der Waals surface area contributed by atoms with Crippen LogP contribution in [0.4, 0.5) is 5.69 Å². The van der Waals surface area contributed by atoms with Gasteiger partial charge in [0, 0.05) is 25.3 Å². The molecule has 1 atom stereocenters. The van der Waals surface area contributed by atoms with E-state index >= 15 is 0 Å². The van der Waals surface area contributed by atoms with Gasteiger partial charge in [0.2, 0.25) is 5.91 Å². The first-order valence-electron chi connectivity index (χ1n) is 7.23. The van der Waals surface area contributed by atoms with Crippen molar-refractivity contribution in [3.8, 4) is 0 Å². The fourth-order valence-corrected chi connectivity index (χ4v) is 2.14. The van der Waals surface area contributed by atoms with Crippen LogP contribution in [0.3, 0.4) is 0 Å². The highest BCUT2D eigenvalue weighted by Gasteiger charge is 2.14. The summed E-state index contributed by atoms with van der Waals surface area (Å²) in [6, 6.07) is 15.8. The van der Waals surface area contributed by atoms with Crippen molar-refractivity contribution in [1.82, 2.24) is 4.90 Å². The van der Waals surface area contributed by atoms with Gasteiger partial charge in [-0.05, 0) is 36.3 Å². The van der Waals surface area contributed by atoms with Crippen LogP contribution in [0.2, 0.25) is 0 Å². The molecular formula is C18H18N2O3. The molecule has 0 bridgehead atoms. The van der Waals surface area contributed by atoms with Crippen molar-refractivity contribution >= 4 is 17.7 Å². The number of nitrogens with zero attached hydrogens (tertiary/aromatic N) is 2. The average Bonchev–Trinajstić information content (AvgIpc) is 2.59. The van der Waals surface area contributed by atoms with Crippen LogP contribution in [0.5, 0.6) is 0 Å². The summed E-state index contributed by atoms with van der Waals surface area (Å²) in [6.07, 6.45) is 3.13. The molecule has 5 heteroatoms. The SMILES string of the molecule is CC(c1ccccc1)N(C)C(=O)C=Cc1ccc([N+](=O)[O-])cc1. The second-order valence-corrected chi connectivity index (χ2v) is 5.22. The molecule has 0 saturated heterocycles. The van der Waals surface area contributed by atoms with Gasteiger partial charge in [0.05, 0.1) is 11.0 Å². The Morgan fingerprint density at radius 2 is 1.74 bits per heavy atom. The first-order valence-corrected chi connectivity index (χ1v) is 7.23. The lowest BCUT2D eigenvalue weighted by Gasteiger charge is -2.24. The molecule has 118 valence electrons. The minimum atomic E-state index is -0.450. The van der Waals surface area contributed by atoms with Crippen molar-refractivity contribution < 1.29 is 9.72 Å². The topological polar surface area (TPSA) is 63.5 Å². The Morgan fingerprint density at radius 3 is 2.30 bits per heavy atom. The van der Waals surface area contributed by atoms with E-state index in [1.165, 1.54) is 18.2 Å². The van der Waals surface area contributed by atoms with Gasteiger partial charge < -0.3 is 4.90 Å². The van der Waals surface area contributed by atoms with E-state index in [4.69, 9.17) is 0 Å². The Labute approximate surface area is 135 Å². The number of nitro groups is 1. The number of nitro benzene ring substituents is 1. The van der Waals surface area contributed by atoms with Crippen LogP contribution in [-0.2, 0) is 4.79 Å². The molecule has 0 spiro atoms. The maximum atomic E-state index is 12.2. The van der Waals surface area contributed by atoms with Crippen molar-refractivity contribution in [1.29, 1.82) is 0 Å². The lowest BCUT2D eigenvalue weighted by molar-refractivity contribution is -0.384. The zero-order valence-electron chi connectivity index (χ0n) is 13.0. The van der Waals surface area contributed by atoms with Crippen LogP contribution in [0, 0.1) is 10.1 Å². The van der Waals surface area contributed by atoms with Crippen molar-refractivity contribution in [2.24, 2.45) is 0 Å². The van der Waals surface area contributed by atoms with Crippen molar-refractivity contribution in [3.63, 3.8) is 0 Å². The van der Waals surface area contributed by atoms with E-state index in [2.05, 4.69) is 0 Å². The third-order valence-corrected chi connectivity index (χ3v) is 3.73. The Balaban J connectivity index is 2.04. The predicted molar refractivity (Wildman–Crippen MR) is 89.8 cm³/mol. The second kappa shape index (κ2) is 7.35. The van der Waals surface area contributed by atoms with Crippen LogP contribution in [-0.4, -0.2) is 22.8 Å². The van der Waals surface area contributed by atoms with Crippen LogP contribution >= 0.6 is 0 Å². The molecule has 0 aliphatic carbocycles. The zero-order valence-corrected chi connectivity index (χ0v) is 13.0. The van der Waals surface area contributed by atoms with Gasteiger partial charge in [-0.2, -0.15) is 0 Å². The van der Waals surface area contributed by atoms with E-state index in [-0.39, 0.29) is 17.6 Å². The summed E-state index contributed by atoms with van der Waals surface area (Å²) < 4.78 is 0. The number of likely N-dealkylation sites (N-methyl/N-ethyl adjacent to an activating group) is 1. The number of hydrogen-bond donors (Lipinski definition) is 0. The quantitative estimate of drug-likeness (QED) is 0.479. The van der Waals surface area contributed by atoms with Crippen LogP contribution in [0.15, 0.2) is 60.7 Å². The minimum Gasteiger partial charge on any atom is -0.335 e. The summed E-state index contributed by atoms with van der Waals surface area (Å²) in [6.45, 7) is 1.97. The summed E-state index contributed by atoms with van der Waals surface area (Å²) in [5.74, 6) is -0.125. The first-order chi connectivity index (χ1) is 11.0. The molecule has 23 heavy (non-hydrogen) atoms. The Kier molecular flexibility index (Phi) is 5.25. The van der Waals surface area contributed by atoms with Crippen molar-refractivity contribution in [2.45, 2.75) is 13.0 Å². The van der Waals surface area contributed by atoms with Gasteiger partial charge in [-0.3, -0.25) is 14.9 Å². The van der Waals surface area contributed by atoms with Crippen LogP contribution in [0.1, 0.15) is 24.1 Å². The molecule has 0 aliphatic heterocycles. The third-order valence-electron chi connectivity index (χ3n) is 3.73. The molecule has 0 radical (unpaired) electrons. The van der Waals surface area contributed by atoms with E-state index in [1.807, 2.05) is 37.3 Å². The van der Waals surface area contributed by atoms with E-state index in [0.29, 0.717) is 0 Å². The van der Waals surface area contributed by atoms with Gasteiger partial charge in [0.1, 0.15) is 0 Å². The van der Waals surface area contributed by atoms with Gasteiger partial charge in [-0.25, -0.2) is 0 Å². The van der Waals surface area contributed by atoms with E-state index in [0.717, 1.165) is 11.1 Å². The van der Waals surface area contributed by atoms with E-state index in [9.17, 15) is 14.9 Å². The summed E-state index contributed by atoms with van der Waals surface area (Å²) in [7, 11) is 1.75. The molecule has 2 aromatic carbocycles. The van der Waals surface area contributed by atoms with Crippen molar-refractivity contribution in [3.05, 3.63) is 81.9 Å². The van der Waals surface area contributed by atoms with Crippen molar-refractivity contribution in [2.75, 3.05) is 7.05 Å². The largest absolute Gasteiger partial charge is 0.335 e. The van der Waals surface area contributed by atoms with E-state index < -0.39 is 4.92 Å². The van der Waals surface area contributed by atoms with Gasteiger partial charge in [0.15, 0.2) is 0 Å². The normalized spacial score (nSPS) is 12.1. The molecule has 0 N–H and O–H groups in total. The second-order valence-electron chi connectivity index (χ2n) is 5.22. The third kappa shape index (κ3) is 4.26. The first kappa shape index (κ1) is 16.4. The number of carbonyl (C=O) groups excluding carboxylic acids is 1. The molecule has 2 rings (SSSR count). The fourth-order valence-electron chi connectivity index (χ4n) is 2.14. The summed E-state index contributed by atoms with van der Waals surface area (Å²) in [5.41, 5.74) is 1.83. The molecule has 2 aromatic rings. The molecule has 1 amide bonds. The Bertz CT molecular complexity index is 709. The van der Waals surface area contributed by atoms with E-state index in [1.54, 1.807) is 30.2 Å².